The molecule has 49 heavy (non-hydrogen) atoms. The number of carbonyl (C=O) groups excluding carboxylic acids is 4. The van der Waals surface area contributed by atoms with Crippen molar-refractivity contribution in [1.29, 1.82) is 0 Å². The van der Waals surface area contributed by atoms with Gasteiger partial charge in [-0.25, -0.2) is 0 Å². The maximum absolute atomic E-state index is 12.9. The molecule has 0 atom stereocenters. The molecule has 15 heteroatoms. The van der Waals surface area contributed by atoms with Gasteiger partial charge in [-0.3, -0.25) is 33.9 Å². The minimum Gasteiger partial charge on any atom is -0.355 e. The average Bonchev–Trinajstić information content (AvgIpc) is 3.50. The monoisotopic (exact) mass is 775 g/mol. The van der Waals surface area contributed by atoms with Crippen LogP contribution >= 0.6 is 71.2 Å². The molecule has 3 saturated heterocycles. The van der Waals surface area contributed by atoms with Crippen LogP contribution in [0.15, 0.2) is 58.3 Å². The Morgan fingerprint density at radius 2 is 1.22 bits per heavy atom. The summed E-state index contributed by atoms with van der Waals surface area (Å²) in [4.78, 5) is 59.4. The van der Waals surface area contributed by atoms with Crippen LogP contribution in [0.25, 0.3) is 12.2 Å². The van der Waals surface area contributed by atoms with Gasteiger partial charge in [-0.2, -0.15) is 0 Å². The number of nitrogens with zero attached hydrogens (tertiary/aromatic N) is 4. The van der Waals surface area contributed by atoms with E-state index < -0.39 is 0 Å². The van der Waals surface area contributed by atoms with Crippen LogP contribution in [0.4, 0.5) is 0 Å². The average molecular weight is 777 g/mol. The molecule has 2 aromatic carbocycles. The first-order chi connectivity index (χ1) is 23.6. The van der Waals surface area contributed by atoms with E-state index in [1.54, 1.807) is 29.2 Å². The van der Waals surface area contributed by atoms with Crippen molar-refractivity contribution in [3.05, 3.63) is 79.5 Å². The molecule has 3 aliphatic heterocycles. The van der Waals surface area contributed by atoms with E-state index in [2.05, 4.69) is 10.2 Å². The minimum atomic E-state index is -0.172. The van der Waals surface area contributed by atoms with E-state index >= 15 is 0 Å². The molecule has 3 aliphatic rings. The van der Waals surface area contributed by atoms with E-state index in [0.29, 0.717) is 87.0 Å². The molecule has 1 N–H and O–H groups in total. The van der Waals surface area contributed by atoms with Gasteiger partial charge in [0.1, 0.15) is 8.64 Å². The Bertz CT molecular complexity index is 1690. The number of benzene rings is 2. The van der Waals surface area contributed by atoms with Gasteiger partial charge in [0.2, 0.25) is 11.8 Å². The van der Waals surface area contributed by atoms with Crippen LogP contribution in [0.3, 0.4) is 0 Å². The number of rotatable bonds is 13. The van der Waals surface area contributed by atoms with Crippen LogP contribution in [-0.4, -0.2) is 104 Å². The maximum atomic E-state index is 12.9. The lowest BCUT2D eigenvalue weighted by molar-refractivity contribution is -0.133. The second-order valence-electron chi connectivity index (χ2n) is 11.5. The predicted molar refractivity (Wildman–Crippen MR) is 207 cm³/mol. The van der Waals surface area contributed by atoms with Crippen molar-refractivity contribution in [2.75, 3.05) is 52.4 Å². The van der Waals surface area contributed by atoms with Crippen molar-refractivity contribution in [2.24, 2.45) is 0 Å². The standard InChI is InChI=1S/C34H35Cl2N5O4S4/c35-25-9-3-1-7-23(25)21-27-31(44)40(33(46)48-27)14-5-11-29(42)37-13-16-38-17-19-39(20-18-38)30(43)12-6-15-41-32(45)28(49-34(41)47)22-24-8-2-4-10-26(24)36/h1-4,7-10,21-22H,5-6,11-20H2,(H,37,42)/b27-21-,28-22-. The van der Waals surface area contributed by atoms with E-state index in [4.69, 9.17) is 47.6 Å². The third kappa shape index (κ3) is 10.2. The lowest BCUT2D eigenvalue weighted by Gasteiger charge is -2.34. The molecule has 258 valence electrons. The zero-order valence-corrected chi connectivity index (χ0v) is 31.3. The molecule has 0 unspecified atom stereocenters. The van der Waals surface area contributed by atoms with E-state index in [0.717, 1.165) is 24.2 Å². The minimum absolute atomic E-state index is 0.0610. The Balaban J connectivity index is 0.942. The summed E-state index contributed by atoms with van der Waals surface area (Å²) in [7, 11) is 0. The highest BCUT2D eigenvalue weighted by atomic mass is 35.5. The quantitative estimate of drug-likeness (QED) is 0.197. The van der Waals surface area contributed by atoms with Crippen LogP contribution in [-0.2, 0) is 19.2 Å². The van der Waals surface area contributed by atoms with Crippen LogP contribution in [0, 0.1) is 0 Å². The first-order valence-electron chi connectivity index (χ1n) is 15.9. The zero-order valence-electron chi connectivity index (χ0n) is 26.6. The van der Waals surface area contributed by atoms with Crippen molar-refractivity contribution in [1.82, 2.24) is 24.9 Å². The maximum Gasteiger partial charge on any atom is 0.266 e. The molecule has 0 radical (unpaired) electrons. The van der Waals surface area contributed by atoms with Gasteiger partial charge >= 0.3 is 0 Å². The summed E-state index contributed by atoms with van der Waals surface area (Å²) in [6, 6.07) is 14.6. The van der Waals surface area contributed by atoms with E-state index in [-0.39, 0.29) is 30.0 Å². The second kappa shape index (κ2) is 17.9. The number of hydrogen-bond donors (Lipinski definition) is 1. The van der Waals surface area contributed by atoms with E-state index in [9.17, 15) is 19.2 Å². The van der Waals surface area contributed by atoms with Gasteiger partial charge in [0.25, 0.3) is 11.8 Å². The summed E-state index contributed by atoms with van der Waals surface area (Å²) in [5.74, 6) is -0.350. The fourth-order valence-corrected chi connectivity index (χ4v) is 8.44. The van der Waals surface area contributed by atoms with Gasteiger partial charge in [0.05, 0.1) is 9.81 Å². The molecule has 4 amide bonds. The van der Waals surface area contributed by atoms with Crippen LogP contribution in [0.2, 0.25) is 10.0 Å². The van der Waals surface area contributed by atoms with Crippen LogP contribution < -0.4 is 5.32 Å². The van der Waals surface area contributed by atoms with E-state index in [1.165, 1.54) is 28.4 Å². The highest BCUT2D eigenvalue weighted by Crippen LogP contribution is 2.35. The molecular formula is C34H35Cl2N5O4S4. The first-order valence-corrected chi connectivity index (χ1v) is 19.1. The predicted octanol–water partition coefficient (Wildman–Crippen LogP) is 5.92. The van der Waals surface area contributed by atoms with Crippen molar-refractivity contribution in [3.8, 4) is 0 Å². The molecule has 9 nitrogen and oxygen atoms in total. The Morgan fingerprint density at radius 1 is 0.735 bits per heavy atom. The highest BCUT2D eigenvalue weighted by Gasteiger charge is 2.33. The molecule has 5 rings (SSSR count). The largest absolute Gasteiger partial charge is 0.355 e. The van der Waals surface area contributed by atoms with Gasteiger partial charge in [0.15, 0.2) is 0 Å². The molecular weight excluding hydrogens is 742 g/mol. The van der Waals surface area contributed by atoms with Crippen molar-refractivity contribution in [2.45, 2.75) is 25.7 Å². The van der Waals surface area contributed by atoms with Gasteiger partial charge in [0, 0.05) is 75.2 Å². The Hall–Kier alpha value is -2.78. The number of piperazine rings is 1. The summed E-state index contributed by atoms with van der Waals surface area (Å²) in [5, 5.41) is 4.08. The molecule has 0 saturated carbocycles. The molecule has 3 heterocycles. The normalized spacial score (nSPS) is 18.8. The number of nitrogens with one attached hydrogen (secondary N) is 1. The first kappa shape index (κ1) is 37.5. The summed E-state index contributed by atoms with van der Waals surface area (Å²) < 4.78 is 0.959. The summed E-state index contributed by atoms with van der Waals surface area (Å²) in [6.07, 6.45) is 5.14. The van der Waals surface area contributed by atoms with Gasteiger partial charge < -0.3 is 10.2 Å². The molecule has 3 fully saturated rings. The SMILES string of the molecule is O=C(CCCN1C(=O)/C(=C/c2ccccc2Cl)SC1=S)NCCN1CCN(C(=O)CCCN2C(=O)/C(=C/c3ccccc3Cl)SC2=S)CC1. The third-order valence-electron chi connectivity index (χ3n) is 8.16. The topological polar surface area (TPSA) is 93.3 Å². The molecule has 0 bridgehead atoms. The van der Waals surface area contributed by atoms with Crippen LogP contribution in [0.5, 0.6) is 0 Å². The second-order valence-corrected chi connectivity index (χ2v) is 15.7. The van der Waals surface area contributed by atoms with Crippen molar-refractivity contribution >= 4 is 116 Å². The third-order valence-corrected chi connectivity index (χ3v) is 11.6. The number of carbonyl (C=O) groups is 4. The summed E-state index contributed by atoms with van der Waals surface area (Å²) in [6.45, 7) is 4.62. The zero-order chi connectivity index (χ0) is 34.9. The van der Waals surface area contributed by atoms with Gasteiger partial charge in [-0.15, -0.1) is 0 Å². The van der Waals surface area contributed by atoms with Crippen LogP contribution in [0.1, 0.15) is 36.8 Å². The Morgan fingerprint density at radius 3 is 1.73 bits per heavy atom. The number of thioether (sulfide) groups is 2. The van der Waals surface area contributed by atoms with Crippen molar-refractivity contribution < 1.29 is 19.2 Å². The molecule has 2 aromatic rings. The Kier molecular flexibility index (Phi) is 13.7. The fourth-order valence-electron chi connectivity index (χ4n) is 5.46. The summed E-state index contributed by atoms with van der Waals surface area (Å²) in [5.41, 5.74) is 1.52. The number of thiocarbonyl (C=S) groups is 2. The highest BCUT2D eigenvalue weighted by molar-refractivity contribution is 8.27. The number of amides is 4. The molecule has 0 spiro atoms. The smallest absolute Gasteiger partial charge is 0.266 e. The fraction of sp³-hybridized carbons (Fsp3) is 0.353. The summed E-state index contributed by atoms with van der Waals surface area (Å²) >= 11 is 25.8. The number of halogens is 2. The molecule has 0 aliphatic carbocycles. The lowest BCUT2D eigenvalue weighted by atomic mass is 10.2. The Labute approximate surface area is 315 Å². The van der Waals surface area contributed by atoms with E-state index in [1.807, 2.05) is 41.3 Å². The van der Waals surface area contributed by atoms with Gasteiger partial charge in [-0.05, 0) is 48.3 Å². The molecule has 0 aromatic heterocycles. The lowest BCUT2D eigenvalue weighted by Crippen LogP contribution is -2.50. The van der Waals surface area contributed by atoms with Gasteiger partial charge in [-0.1, -0.05) is 108 Å². The number of hydrogen-bond acceptors (Lipinski definition) is 9. The van der Waals surface area contributed by atoms with Crippen molar-refractivity contribution in [3.63, 3.8) is 0 Å².